The van der Waals surface area contributed by atoms with E-state index < -0.39 is 0 Å². The van der Waals surface area contributed by atoms with Gasteiger partial charge in [-0.1, -0.05) is 0 Å². The largest absolute Gasteiger partial charge is 0.368 e. The Morgan fingerprint density at radius 1 is 1.38 bits per heavy atom. The fourth-order valence-corrected chi connectivity index (χ4v) is 3.17. The van der Waals surface area contributed by atoms with Crippen molar-refractivity contribution >= 4 is 11.9 Å². The number of hydrogen-bond donors (Lipinski definition) is 1. The molecule has 0 spiro atoms. The Kier molecular flexibility index (Phi) is 5.34. The molecule has 2 saturated heterocycles. The molecule has 0 aromatic carbocycles. The number of imidazole rings is 1. The normalized spacial score (nSPS) is 22.1. The Balaban J connectivity index is 1.49. The van der Waals surface area contributed by atoms with E-state index in [9.17, 15) is 4.79 Å². The van der Waals surface area contributed by atoms with E-state index in [1.54, 1.807) is 13.2 Å². The van der Waals surface area contributed by atoms with Gasteiger partial charge in [0.2, 0.25) is 0 Å². The highest BCUT2D eigenvalue weighted by atomic mass is 16.5. The lowest BCUT2D eigenvalue weighted by Crippen LogP contribution is -2.55. The van der Waals surface area contributed by atoms with Crippen LogP contribution in [0.25, 0.3) is 0 Å². The van der Waals surface area contributed by atoms with Crippen molar-refractivity contribution < 1.29 is 9.53 Å². The number of nitrogens with one attached hydrogen (secondary N) is 1. The van der Waals surface area contributed by atoms with Crippen LogP contribution in [-0.4, -0.2) is 77.2 Å². The highest BCUT2D eigenvalue weighted by Gasteiger charge is 2.30. The maximum atomic E-state index is 12.4. The number of carbonyl (C=O) groups excluding carboxylic acids is 1. The summed E-state index contributed by atoms with van der Waals surface area (Å²) < 4.78 is 7.49. The summed E-state index contributed by atoms with van der Waals surface area (Å²) in [5, 5.41) is 3.35. The molecule has 24 heavy (non-hydrogen) atoms. The van der Waals surface area contributed by atoms with Crippen molar-refractivity contribution in [2.75, 3.05) is 39.8 Å². The molecule has 132 valence electrons. The molecule has 0 aliphatic carbocycles. The van der Waals surface area contributed by atoms with E-state index >= 15 is 0 Å². The van der Waals surface area contributed by atoms with Crippen molar-refractivity contribution in [2.24, 2.45) is 12.0 Å². The second kappa shape index (κ2) is 7.65. The van der Waals surface area contributed by atoms with Gasteiger partial charge < -0.3 is 24.4 Å². The first-order valence-electron chi connectivity index (χ1n) is 8.51. The van der Waals surface area contributed by atoms with Crippen LogP contribution in [0.4, 0.5) is 0 Å². The second-order valence-corrected chi connectivity index (χ2v) is 6.17. The monoisotopic (exact) mass is 334 g/mol. The van der Waals surface area contributed by atoms with E-state index in [0.29, 0.717) is 26.2 Å². The summed E-state index contributed by atoms with van der Waals surface area (Å²) in [5.74, 6) is 1.95. The Morgan fingerprint density at radius 2 is 2.12 bits per heavy atom. The van der Waals surface area contributed by atoms with Crippen LogP contribution in [0.5, 0.6) is 0 Å². The van der Waals surface area contributed by atoms with Gasteiger partial charge in [0.25, 0.3) is 5.91 Å². The van der Waals surface area contributed by atoms with Gasteiger partial charge in [0.15, 0.2) is 5.96 Å². The number of aliphatic imine (C=N–C) groups is 1. The zero-order valence-electron chi connectivity index (χ0n) is 14.4. The van der Waals surface area contributed by atoms with Crippen molar-refractivity contribution in [1.29, 1.82) is 0 Å². The number of guanidine groups is 1. The lowest BCUT2D eigenvalue weighted by atomic mass is 10.2. The fraction of sp³-hybridized carbons (Fsp3) is 0.688. The smallest absolute Gasteiger partial charge is 0.251 e. The molecule has 2 aliphatic heterocycles. The first-order valence-corrected chi connectivity index (χ1v) is 8.51. The van der Waals surface area contributed by atoms with Gasteiger partial charge in [0.1, 0.15) is 11.9 Å². The predicted octanol–water partition coefficient (Wildman–Crippen LogP) is -0.181. The van der Waals surface area contributed by atoms with Gasteiger partial charge in [-0.2, -0.15) is 0 Å². The molecule has 1 N–H and O–H groups in total. The molecule has 2 aliphatic rings. The summed E-state index contributed by atoms with van der Waals surface area (Å²) in [5.41, 5.74) is 0. The van der Waals surface area contributed by atoms with Crippen LogP contribution in [0.15, 0.2) is 17.4 Å². The molecule has 0 bridgehead atoms. The molecule has 1 aromatic heterocycles. The van der Waals surface area contributed by atoms with E-state index in [-0.39, 0.29) is 12.0 Å². The molecule has 1 atom stereocenters. The van der Waals surface area contributed by atoms with E-state index in [4.69, 9.17) is 4.74 Å². The molecule has 2 fully saturated rings. The highest BCUT2D eigenvalue weighted by molar-refractivity contribution is 5.82. The Labute approximate surface area is 142 Å². The quantitative estimate of drug-likeness (QED) is 0.613. The molecule has 0 radical (unpaired) electrons. The van der Waals surface area contributed by atoms with Crippen LogP contribution >= 0.6 is 0 Å². The maximum Gasteiger partial charge on any atom is 0.251 e. The summed E-state index contributed by atoms with van der Waals surface area (Å²) in [6.07, 6.45) is 5.33. The lowest BCUT2D eigenvalue weighted by Gasteiger charge is -2.37. The zero-order valence-corrected chi connectivity index (χ0v) is 14.4. The molecule has 3 rings (SSSR count). The standard InChI is InChI=1S/C16H26N6O2/c1-17-16(19-12-14-18-5-6-20(14)2)22-9-7-21(8-10-22)15(23)13-4-3-11-24-13/h5-6,13H,3-4,7-12H2,1-2H3,(H,17,19). The van der Waals surface area contributed by atoms with E-state index in [1.165, 1.54) is 0 Å². The average Bonchev–Trinajstić information content (AvgIpc) is 3.27. The maximum absolute atomic E-state index is 12.4. The zero-order chi connectivity index (χ0) is 16.9. The van der Waals surface area contributed by atoms with Gasteiger partial charge in [-0.3, -0.25) is 9.79 Å². The third-order valence-corrected chi connectivity index (χ3v) is 4.63. The van der Waals surface area contributed by atoms with Gasteiger partial charge in [-0.15, -0.1) is 0 Å². The average molecular weight is 334 g/mol. The van der Waals surface area contributed by atoms with Gasteiger partial charge in [-0.05, 0) is 12.8 Å². The number of hydrogen-bond acceptors (Lipinski definition) is 4. The molecule has 8 heteroatoms. The van der Waals surface area contributed by atoms with Gasteiger partial charge in [0, 0.05) is 59.3 Å². The molecular formula is C16H26N6O2. The second-order valence-electron chi connectivity index (χ2n) is 6.17. The molecule has 3 heterocycles. The van der Waals surface area contributed by atoms with Crippen molar-refractivity contribution in [1.82, 2.24) is 24.7 Å². The van der Waals surface area contributed by atoms with Crippen LogP contribution < -0.4 is 5.32 Å². The SMILES string of the molecule is CN=C(NCc1nccn1C)N1CCN(C(=O)C2CCCO2)CC1. The van der Waals surface area contributed by atoms with E-state index in [0.717, 1.165) is 37.7 Å². The van der Waals surface area contributed by atoms with E-state index in [1.807, 2.05) is 22.7 Å². The van der Waals surface area contributed by atoms with Crippen molar-refractivity contribution in [3.8, 4) is 0 Å². The van der Waals surface area contributed by atoms with E-state index in [2.05, 4.69) is 20.2 Å². The molecule has 0 saturated carbocycles. The molecular weight excluding hydrogens is 308 g/mol. The minimum Gasteiger partial charge on any atom is -0.368 e. The topological polar surface area (TPSA) is 75.0 Å². The third-order valence-electron chi connectivity index (χ3n) is 4.63. The molecule has 8 nitrogen and oxygen atoms in total. The van der Waals surface area contributed by atoms with Crippen LogP contribution in [0.1, 0.15) is 18.7 Å². The van der Waals surface area contributed by atoms with Crippen LogP contribution in [0.2, 0.25) is 0 Å². The fourth-order valence-electron chi connectivity index (χ4n) is 3.17. The Hall–Kier alpha value is -2.09. The first-order chi connectivity index (χ1) is 11.7. The Morgan fingerprint density at radius 3 is 2.71 bits per heavy atom. The number of rotatable bonds is 3. The van der Waals surface area contributed by atoms with Gasteiger partial charge >= 0.3 is 0 Å². The number of aryl methyl sites for hydroxylation is 1. The summed E-state index contributed by atoms with van der Waals surface area (Å²) in [7, 11) is 3.76. The van der Waals surface area contributed by atoms with Crippen molar-refractivity contribution in [2.45, 2.75) is 25.5 Å². The van der Waals surface area contributed by atoms with Gasteiger partial charge in [-0.25, -0.2) is 4.98 Å². The summed E-state index contributed by atoms with van der Waals surface area (Å²) in [6, 6.07) is 0. The Bertz CT molecular complexity index is 585. The number of nitrogens with zero attached hydrogens (tertiary/aromatic N) is 5. The van der Waals surface area contributed by atoms with Gasteiger partial charge in [0.05, 0.1) is 6.54 Å². The first kappa shape index (κ1) is 16.8. The number of carbonyl (C=O) groups is 1. The number of piperazine rings is 1. The molecule has 1 unspecified atom stereocenters. The van der Waals surface area contributed by atoms with Crippen LogP contribution in [0.3, 0.4) is 0 Å². The minimum absolute atomic E-state index is 0.142. The highest BCUT2D eigenvalue weighted by Crippen LogP contribution is 2.16. The number of amides is 1. The molecule has 1 aromatic rings. The van der Waals surface area contributed by atoms with Crippen molar-refractivity contribution in [3.63, 3.8) is 0 Å². The van der Waals surface area contributed by atoms with Crippen LogP contribution in [0, 0.1) is 0 Å². The number of aromatic nitrogens is 2. The predicted molar refractivity (Wildman–Crippen MR) is 90.5 cm³/mol. The minimum atomic E-state index is -0.225. The number of ether oxygens (including phenoxy) is 1. The lowest BCUT2D eigenvalue weighted by molar-refractivity contribution is -0.142. The summed E-state index contributed by atoms with van der Waals surface area (Å²) in [6.45, 7) is 4.31. The summed E-state index contributed by atoms with van der Waals surface area (Å²) in [4.78, 5) is 25.1. The molecule has 1 amide bonds. The third kappa shape index (κ3) is 3.69. The van der Waals surface area contributed by atoms with Crippen LogP contribution in [-0.2, 0) is 23.1 Å². The van der Waals surface area contributed by atoms with Crippen molar-refractivity contribution in [3.05, 3.63) is 18.2 Å². The summed E-state index contributed by atoms with van der Waals surface area (Å²) >= 11 is 0.